The fraction of sp³-hybridized carbons (Fsp3) is 0.500. The first-order chi connectivity index (χ1) is 10.2. The number of ether oxygens (including phenoxy) is 2. The maximum absolute atomic E-state index is 12.2. The maximum Gasteiger partial charge on any atom is 0.224 e. The topological polar surface area (TPSA) is 71.4 Å². The zero-order valence-electron chi connectivity index (χ0n) is 11.6. The molecule has 3 aliphatic rings. The van der Waals surface area contributed by atoms with Crippen molar-refractivity contribution in [3.8, 4) is 17.6 Å². The van der Waals surface area contributed by atoms with Crippen molar-refractivity contribution >= 4 is 5.91 Å². The van der Waals surface area contributed by atoms with Gasteiger partial charge in [0.05, 0.1) is 6.07 Å². The molecule has 0 saturated heterocycles. The Bertz CT molecular complexity index is 645. The average Bonchev–Trinajstić information content (AvgIpc) is 3.41. The van der Waals surface area contributed by atoms with Gasteiger partial charge in [-0.05, 0) is 42.9 Å². The number of hydrogen-bond acceptors (Lipinski definition) is 4. The minimum absolute atomic E-state index is 0.00828. The molecule has 2 aliphatic carbocycles. The summed E-state index contributed by atoms with van der Waals surface area (Å²) in [6.45, 7) is 1.15. The predicted molar refractivity (Wildman–Crippen MR) is 74.0 cm³/mol. The molecule has 1 aliphatic heterocycles. The number of rotatable bonds is 3. The van der Waals surface area contributed by atoms with Crippen molar-refractivity contribution in [2.75, 3.05) is 13.2 Å². The van der Waals surface area contributed by atoms with Gasteiger partial charge in [0.2, 0.25) is 5.91 Å². The van der Waals surface area contributed by atoms with Gasteiger partial charge < -0.3 is 14.8 Å². The fourth-order valence-electron chi connectivity index (χ4n) is 2.86. The normalized spacial score (nSPS) is 27.4. The Balaban J connectivity index is 1.45. The summed E-state index contributed by atoms with van der Waals surface area (Å²) in [5.74, 6) is 1.76. The second-order valence-corrected chi connectivity index (χ2v) is 6.03. The molecule has 0 spiro atoms. The molecule has 1 heterocycles. The average molecular weight is 284 g/mol. The number of carbonyl (C=O) groups is 1. The van der Waals surface area contributed by atoms with Gasteiger partial charge in [-0.1, -0.05) is 6.07 Å². The van der Waals surface area contributed by atoms with Crippen LogP contribution < -0.4 is 14.8 Å². The van der Waals surface area contributed by atoms with Gasteiger partial charge in [-0.2, -0.15) is 5.26 Å². The highest BCUT2D eigenvalue weighted by Crippen LogP contribution is 2.50. The molecule has 2 atom stereocenters. The molecular formula is C16H16N2O3. The molecule has 0 bridgehead atoms. The smallest absolute Gasteiger partial charge is 0.224 e. The Morgan fingerprint density at radius 3 is 2.76 bits per heavy atom. The molecule has 5 heteroatoms. The molecule has 2 saturated carbocycles. The van der Waals surface area contributed by atoms with E-state index >= 15 is 0 Å². The van der Waals surface area contributed by atoms with E-state index in [9.17, 15) is 4.79 Å². The number of fused-ring (bicyclic) bond motifs is 1. The van der Waals surface area contributed by atoms with Crippen molar-refractivity contribution in [3.05, 3.63) is 23.8 Å². The van der Waals surface area contributed by atoms with Crippen molar-refractivity contribution in [2.24, 2.45) is 5.92 Å². The minimum atomic E-state index is -0.572. The summed E-state index contributed by atoms with van der Waals surface area (Å²) in [5, 5.41) is 11.9. The summed E-state index contributed by atoms with van der Waals surface area (Å²) in [7, 11) is 0. The Morgan fingerprint density at radius 2 is 2.05 bits per heavy atom. The second kappa shape index (κ2) is 4.39. The Kier molecular flexibility index (Phi) is 2.61. The van der Waals surface area contributed by atoms with Gasteiger partial charge >= 0.3 is 0 Å². The number of hydrogen-bond donors (Lipinski definition) is 1. The van der Waals surface area contributed by atoms with Crippen LogP contribution in [0.3, 0.4) is 0 Å². The number of amides is 1. The second-order valence-electron chi connectivity index (χ2n) is 6.03. The number of benzene rings is 1. The van der Waals surface area contributed by atoms with E-state index in [0.29, 0.717) is 13.2 Å². The van der Waals surface area contributed by atoms with Crippen LogP contribution in [0.2, 0.25) is 0 Å². The largest absolute Gasteiger partial charge is 0.486 e. The van der Waals surface area contributed by atoms with Gasteiger partial charge in [-0.3, -0.25) is 4.79 Å². The number of nitrogens with zero attached hydrogens (tertiary/aromatic N) is 1. The van der Waals surface area contributed by atoms with Crippen LogP contribution in [0.4, 0.5) is 0 Å². The van der Waals surface area contributed by atoms with Gasteiger partial charge in [0.25, 0.3) is 0 Å². The molecule has 108 valence electrons. The lowest BCUT2D eigenvalue weighted by atomic mass is 10.1. The monoisotopic (exact) mass is 284 g/mol. The van der Waals surface area contributed by atoms with Gasteiger partial charge in [0.1, 0.15) is 18.8 Å². The summed E-state index contributed by atoms with van der Waals surface area (Å²) in [6.07, 6.45) is 2.39. The summed E-state index contributed by atoms with van der Waals surface area (Å²) in [4.78, 5) is 12.2. The Labute approximate surface area is 122 Å². The molecule has 4 rings (SSSR count). The van der Waals surface area contributed by atoms with Gasteiger partial charge in [0.15, 0.2) is 11.5 Å². The fourth-order valence-corrected chi connectivity index (χ4v) is 2.86. The van der Waals surface area contributed by atoms with Crippen molar-refractivity contribution in [2.45, 2.75) is 30.7 Å². The number of nitrogens with one attached hydrogen (secondary N) is 1. The first-order valence-electron chi connectivity index (χ1n) is 7.34. The van der Waals surface area contributed by atoms with E-state index in [-0.39, 0.29) is 17.7 Å². The van der Waals surface area contributed by atoms with Crippen LogP contribution in [0.25, 0.3) is 0 Å². The highest BCUT2D eigenvalue weighted by Gasteiger charge is 2.50. The van der Waals surface area contributed by atoms with Crippen LogP contribution in [-0.4, -0.2) is 24.7 Å². The quantitative estimate of drug-likeness (QED) is 0.917. The third kappa shape index (κ3) is 2.21. The van der Waals surface area contributed by atoms with Crippen LogP contribution in [0, 0.1) is 17.2 Å². The summed E-state index contributed by atoms with van der Waals surface area (Å²) in [5.41, 5.74) is 0.540. The first-order valence-corrected chi connectivity index (χ1v) is 7.34. The Morgan fingerprint density at radius 1 is 1.29 bits per heavy atom. The molecule has 2 unspecified atom stereocenters. The molecule has 21 heavy (non-hydrogen) atoms. The van der Waals surface area contributed by atoms with Crippen LogP contribution in [0.5, 0.6) is 11.5 Å². The Hall–Kier alpha value is -2.22. The zero-order valence-corrected chi connectivity index (χ0v) is 11.6. The summed E-state index contributed by atoms with van der Waals surface area (Å²) in [6, 6.07) is 8.08. The molecule has 1 amide bonds. The van der Waals surface area contributed by atoms with Crippen molar-refractivity contribution < 1.29 is 14.3 Å². The van der Waals surface area contributed by atoms with Crippen molar-refractivity contribution in [1.29, 1.82) is 5.26 Å². The standard InChI is InChI=1S/C16H16N2O3/c17-9-16(3-4-16)18-15(19)12-8-11(12)10-1-2-13-14(7-10)21-6-5-20-13/h1-2,7,11-12H,3-6,8H2,(H,18,19). The van der Waals surface area contributed by atoms with Gasteiger partial charge in [-0.15, -0.1) is 0 Å². The zero-order chi connectivity index (χ0) is 14.4. The predicted octanol–water partition coefficient (Wildman–Crippen LogP) is 1.73. The van der Waals surface area contributed by atoms with Crippen LogP contribution in [0.15, 0.2) is 18.2 Å². The van der Waals surface area contributed by atoms with E-state index in [1.54, 1.807) is 0 Å². The molecule has 1 aromatic carbocycles. The minimum Gasteiger partial charge on any atom is -0.486 e. The third-order valence-corrected chi connectivity index (χ3v) is 4.45. The van der Waals surface area contributed by atoms with Crippen LogP contribution in [-0.2, 0) is 4.79 Å². The molecule has 2 fully saturated rings. The highest BCUT2D eigenvalue weighted by atomic mass is 16.6. The SMILES string of the molecule is N#CC1(NC(=O)C2CC2c2ccc3c(c2)OCCO3)CC1. The van der Waals surface area contributed by atoms with E-state index in [1.165, 1.54) is 0 Å². The van der Waals surface area contributed by atoms with Crippen molar-refractivity contribution in [1.82, 2.24) is 5.32 Å². The maximum atomic E-state index is 12.2. The van der Waals surface area contributed by atoms with E-state index in [4.69, 9.17) is 14.7 Å². The number of nitriles is 1. The first kappa shape index (κ1) is 12.5. The molecular weight excluding hydrogens is 268 g/mol. The van der Waals surface area contributed by atoms with E-state index in [0.717, 1.165) is 36.3 Å². The van der Waals surface area contributed by atoms with Crippen molar-refractivity contribution in [3.63, 3.8) is 0 Å². The lowest BCUT2D eigenvalue weighted by molar-refractivity contribution is -0.123. The highest BCUT2D eigenvalue weighted by molar-refractivity contribution is 5.84. The van der Waals surface area contributed by atoms with E-state index in [1.807, 2.05) is 18.2 Å². The molecule has 0 aromatic heterocycles. The molecule has 1 aromatic rings. The van der Waals surface area contributed by atoms with Crippen LogP contribution in [0.1, 0.15) is 30.7 Å². The van der Waals surface area contributed by atoms with Crippen LogP contribution >= 0.6 is 0 Å². The molecule has 0 radical (unpaired) electrons. The van der Waals surface area contributed by atoms with E-state index in [2.05, 4.69) is 11.4 Å². The summed E-state index contributed by atoms with van der Waals surface area (Å²) >= 11 is 0. The lowest BCUT2D eigenvalue weighted by Crippen LogP contribution is -2.36. The molecule has 1 N–H and O–H groups in total. The van der Waals surface area contributed by atoms with Gasteiger partial charge in [0, 0.05) is 5.92 Å². The molecule has 5 nitrogen and oxygen atoms in total. The third-order valence-electron chi connectivity index (χ3n) is 4.45. The van der Waals surface area contributed by atoms with E-state index < -0.39 is 5.54 Å². The lowest BCUT2D eigenvalue weighted by Gasteiger charge is -2.19. The van der Waals surface area contributed by atoms with Gasteiger partial charge in [-0.25, -0.2) is 0 Å². The number of carbonyl (C=O) groups excluding carboxylic acids is 1. The summed E-state index contributed by atoms with van der Waals surface area (Å²) < 4.78 is 11.1.